The SMILES string of the molecule is CC(C)(C)[Si](OCCNc1cc(F)ccc1[N+](=O)[O-])(c1ccccc1)c1ccccc1.CCN. The van der Waals surface area contributed by atoms with Crippen molar-refractivity contribution >= 4 is 30.1 Å². The van der Waals surface area contributed by atoms with Crippen molar-refractivity contribution in [2.24, 2.45) is 5.73 Å². The smallest absolute Gasteiger partial charge is 0.292 e. The molecule has 8 heteroatoms. The molecule has 0 aliphatic carbocycles. The summed E-state index contributed by atoms with van der Waals surface area (Å²) in [6.45, 7) is 9.84. The van der Waals surface area contributed by atoms with Crippen molar-refractivity contribution in [3.05, 3.63) is 94.8 Å². The predicted molar refractivity (Wildman–Crippen MR) is 140 cm³/mol. The third kappa shape index (κ3) is 6.50. The van der Waals surface area contributed by atoms with Crippen LogP contribution in [0.2, 0.25) is 5.04 Å². The Morgan fingerprint density at radius 1 is 1.00 bits per heavy atom. The number of halogens is 1. The minimum absolute atomic E-state index is 0.149. The number of anilines is 1. The summed E-state index contributed by atoms with van der Waals surface area (Å²) in [6.07, 6.45) is 0. The third-order valence-electron chi connectivity index (χ3n) is 5.31. The molecule has 6 nitrogen and oxygen atoms in total. The van der Waals surface area contributed by atoms with Crippen LogP contribution in [-0.4, -0.2) is 32.9 Å². The van der Waals surface area contributed by atoms with Gasteiger partial charge in [-0.05, 0) is 28.0 Å². The summed E-state index contributed by atoms with van der Waals surface area (Å²) in [4.78, 5) is 10.7. The number of hydrogen-bond donors (Lipinski definition) is 2. The number of rotatable bonds is 8. The zero-order chi connectivity index (χ0) is 25.2. The van der Waals surface area contributed by atoms with Gasteiger partial charge >= 0.3 is 0 Å². The Morgan fingerprint density at radius 3 is 1.94 bits per heavy atom. The van der Waals surface area contributed by atoms with Gasteiger partial charge in [-0.2, -0.15) is 0 Å². The van der Waals surface area contributed by atoms with E-state index in [1.165, 1.54) is 6.07 Å². The predicted octanol–water partition coefficient (Wildman–Crippen LogP) is 4.69. The molecule has 0 bridgehead atoms. The lowest BCUT2D eigenvalue weighted by atomic mass is 10.2. The summed E-state index contributed by atoms with van der Waals surface area (Å²) in [5, 5.41) is 16.4. The lowest BCUT2D eigenvalue weighted by molar-refractivity contribution is -0.384. The fourth-order valence-electron chi connectivity index (χ4n) is 3.96. The highest BCUT2D eigenvalue weighted by atomic mass is 28.4. The fraction of sp³-hybridized carbons (Fsp3) is 0.308. The number of nitrogens with two attached hydrogens (primary N) is 1. The highest BCUT2D eigenvalue weighted by molar-refractivity contribution is 6.99. The molecule has 0 atom stereocenters. The molecule has 0 aliphatic heterocycles. The summed E-state index contributed by atoms with van der Waals surface area (Å²) in [5.41, 5.74) is 4.84. The summed E-state index contributed by atoms with van der Waals surface area (Å²) in [6, 6.07) is 23.9. The summed E-state index contributed by atoms with van der Waals surface area (Å²) >= 11 is 0. The number of nitro groups is 1. The van der Waals surface area contributed by atoms with Crippen molar-refractivity contribution < 1.29 is 13.7 Å². The number of hydrogen-bond acceptors (Lipinski definition) is 5. The molecule has 0 saturated heterocycles. The largest absolute Gasteiger partial charge is 0.406 e. The Bertz CT molecular complexity index is 1000. The molecule has 0 amide bonds. The maximum Gasteiger partial charge on any atom is 0.292 e. The maximum absolute atomic E-state index is 13.6. The van der Waals surface area contributed by atoms with Gasteiger partial charge in [0.15, 0.2) is 0 Å². The Kier molecular flexibility index (Phi) is 9.92. The first-order valence-electron chi connectivity index (χ1n) is 11.3. The van der Waals surface area contributed by atoms with Gasteiger partial charge in [-0.1, -0.05) is 88.4 Å². The first-order valence-corrected chi connectivity index (χ1v) is 13.2. The molecule has 0 unspecified atom stereocenters. The van der Waals surface area contributed by atoms with E-state index in [1.54, 1.807) is 0 Å². The van der Waals surface area contributed by atoms with E-state index in [9.17, 15) is 14.5 Å². The average molecular weight is 484 g/mol. The summed E-state index contributed by atoms with van der Waals surface area (Å²) < 4.78 is 20.4. The van der Waals surface area contributed by atoms with Crippen LogP contribution in [0.25, 0.3) is 0 Å². The highest BCUT2D eigenvalue weighted by Gasteiger charge is 2.49. The van der Waals surface area contributed by atoms with Gasteiger partial charge in [0.1, 0.15) is 11.5 Å². The molecule has 0 radical (unpaired) electrons. The minimum atomic E-state index is -2.68. The average Bonchev–Trinajstić information content (AvgIpc) is 2.80. The number of benzene rings is 3. The lowest BCUT2D eigenvalue weighted by Gasteiger charge is -2.43. The van der Waals surface area contributed by atoms with Gasteiger partial charge in [-0.15, -0.1) is 0 Å². The normalized spacial score (nSPS) is 11.4. The van der Waals surface area contributed by atoms with E-state index in [2.05, 4.69) is 50.4 Å². The Morgan fingerprint density at radius 2 is 1.50 bits per heavy atom. The van der Waals surface area contributed by atoms with E-state index in [1.807, 2.05) is 43.3 Å². The van der Waals surface area contributed by atoms with Crippen molar-refractivity contribution in [2.45, 2.75) is 32.7 Å². The van der Waals surface area contributed by atoms with Gasteiger partial charge in [0.25, 0.3) is 14.0 Å². The van der Waals surface area contributed by atoms with E-state index < -0.39 is 19.1 Å². The maximum atomic E-state index is 13.6. The zero-order valence-electron chi connectivity index (χ0n) is 20.3. The standard InChI is InChI=1S/C24H27FN2O3Si.C2H7N/c1-24(2,3)31(20-10-6-4-7-11-20,21-12-8-5-9-13-21)30-17-16-26-22-18-19(25)14-15-23(22)27(28)29;1-2-3/h4-15,18,26H,16-17H2,1-3H3;2-3H2,1H3. The molecule has 0 aliphatic rings. The molecule has 182 valence electrons. The first kappa shape index (κ1) is 27.2. The number of nitrogens with one attached hydrogen (secondary N) is 1. The van der Waals surface area contributed by atoms with Crippen LogP contribution in [0.4, 0.5) is 15.8 Å². The van der Waals surface area contributed by atoms with Crippen LogP contribution in [0.1, 0.15) is 27.7 Å². The molecule has 0 saturated carbocycles. The van der Waals surface area contributed by atoms with Gasteiger partial charge in [0.2, 0.25) is 0 Å². The van der Waals surface area contributed by atoms with E-state index in [0.717, 1.165) is 29.1 Å². The molecule has 0 heterocycles. The van der Waals surface area contributed by atoms with Crippen molar-refractivity contribution in [1.82, 2.24) is 0 Å². The van der Waals surface area contributed by atoms with Crippen LogP contribution in [-0.2, 0) is 4.43 Å². The van der Waals surface area contributed by atoms with Crippen LogP contribution in [0.5, 0.6) is 0 Å². The van der Waals surface area contributed by atoms with Crippen LogP contribution in [0.3, 0.4) is 0 Å². The molecule has 0 aromatic heterocycles. The molecule has 3 rings (SSSR count). The monoisotopic (exact) mass is 483 g/mol. The molecular weight excluding hydrogens is 449 g/mol. The Hall–Kier alpha value is -3.07. The van der Waals surface area contributed by atoms with E-state index in [4.69, 9.17) is 10.2 Å². The van der Waals surface area contributed by atoms with Crippen LogP contribution in [0, 0.1) is 15.9 Å². The topological polar surface area (TPSA) is 90.4 Å². The molecule has 34 heavy (non-hydrogen) atoms. The molecule has 3 aromatic rings. The molecule has 3 N–H and O–H groups in total. The molecule has 0 spiro atoms. The zero-order valence-corrected chi connectivity index (χ0v) is 21.3. The van der Waals surface area contributed by atoms with Gasteiger partial charge in [-0.3, -0.25) is 10.1 Å². The summed E-state index contributed by atoms with van der Waals surface area (Å²) in [7, 11) is -2.68. The van der Waals surface area contributed by atoms with E-state index in [-0.39, 0.29) is 16.4 Å². The molecular formula is C26H34FN3O3Si. The van der Waals surface area contributed by atoms with Gasteiger partial charge in [-0.25, -0.2) is 4.39 Å². The summed E-state index contributed by atoms with van der Waals surface area (Å²) in [5.74, 6) is -0.527. The lowest BCUT2D eigenvalue weighted by Crippen LogP contribution is -2.66. The molecule has 3 aromatic carbocycles. The second-order valence-electron chi connectivity index (χ2n) is 8.77. The Labute approximate surface area is 202 Å². The number of nitrogens with zero attached hydrogens (tertiary/aromatic N) is 1. The Balaban J connectivity index is 0.00000129. The minimum Gasteiger partial charge on any atom is -0.406 e. The van der Waals surface area contributed by atoms with Gasteiger partial charge < -0.3 is 15.5 Å². The third-order valence-corrected chi connectivity index (χ3v) is 10.4. The van der Waals surface area contributed by atoms with Crippen molar-refractivity contribution in [3.8, 4) is 0 Å². The quantitative estimate of drug-likeness (QED) is 0.210. The second-order valence-corrected chi connectivity index (χ2v) is 13.1. The van der Waals surface area contributed by atoms with E-state index in [0.29, 0.717) is 13.2 Å². The van der Waals surface area contributed by atoms with E-state index >= 15 is 0 Å². The number of nitro benzene ring substituents is 1. The van der Waals surface area contributed by atoms with Gasteiger partial charge in [0, 0.05) is 18.7 Å². The highest BCUT2D eigenvalue weighted by Crippen LogP contribution is 2.36. The van der Waals surface area contributed by atoms with Crippen LogP contribution < -0.4 is 21.4 Å². The van der Waals surface area contributed by atoms with Gasteiger partial charge in [0.05, 0.1) is 11.5 Å². The fourth-order valence-corrected chi connectivity index (χ4v) is 8.52. The van der Waals surface area contributed by atoms with Crippen LogP contribution in [0.15, 0.2) is 78.9 Å². The first-order chi connectivity index (χ1) is 16.2. The van der Waals surface area contributed by atoms with Crippen molar-refractivity contribution in [1.29, 1.82) is 0 Å². The van der Waals surface area contributed by atoms with Crippen molar-refractivity contribution in [3.63, 3.8) is 0 Å². The van der Waals surface area contributed by atoms with Crippen LogP contribution >= 0.6 is 0 Å². The molecule has 0 fully saturated rings. The van der Waals surface area contributed by atoms with Crippen molar-refractivity contribution in [2.75, 3.05) is 25.0 Å². The second kappa shape index (κ2) is 12.4.